The van der Waals surface area contributed by atoms with Crippen LogP contribution in [0.2, 0.25) is 0 Å². The lowest BCUT2D eigenvalue weighted by Gasteiger charge is -2.30. The molecule has 1 heterocycles. The Morgan fingerprint density at radius 1 is 1.16 bits per heavy atom. The van der Waals surface area contributed by atoms with Crippen molar-refractivity contribution in [3.05, 3.63) is 34.9 Å². The first kappa shape index (κ1) is 14.5. The van der Waals surface area contributed by atoms with Crippen LogP contribution in [0.3, 0.4) is 0 Å². The van der Waals surface area contributed by atoms with E-state index in [0.29, 0.717) is 0 Å². The average Bonchev–Trinajstić information content (AvgIpc) is 2.36. The Hall–Kier alpha value is -0.900. The van der Waals surface area contributed by atoms with Crippen LogP contribution in [0.25, 0.3) is 0 Å². The van der Waals surface area contributed by atoms with Gasteiger partial charge in [-0.3, -0.25) is 0 Å². The van der Waals surface area contributed by atoms with Crippen molar-refractivity contribution in [1.82, 2.24) is 4.90 Å². The van der Waals surface area contributed by atoms with E-state index in [0.717, 1.165) is 44.5 Å². The van der Waals surface area contributed by atoms with Crippen LogP contribution in [0.4, 0.5) is 0 Å². The van der Waals surface area contributed by atoms with E-state index in [1.54, 1.807) is 0 Å². The van der Waals surface area contributed by atoms with Gasteiger partial charge in [0, 0.05) is 19.6 Å². The van der Waals surface area contributed by atoms with Crippen LogP contribution in [0, 0.1) is 13.8 Å². The van der Waals surface area contributed by atoms with Gasteiger partial charge in [0.15, 0.2) is 0 Å². The highest BCUT2D eigenvalue weighted by molar-refractivity contribution is 5.29. The van der Waals surface area contributed by atoms with Gasteiger partial charge in [-0.05, 0) is 38.7 Å². The number of aryl methyl sites for hydroxylation is 2. The molecule has 2 N–H and O–H groups in total. The molecule has 0 aromatic heterocycles. The molecule has 0 spiro atoms. The van der Waals surface area contributed by atoms with E-state index < -0.39 is 0 Å². The Labute approximate surface area is 115 Å². The maximum atomic E-state index is 10.3. The molecule has 0 radical (unpaired) electrons. The fraction of sp³-hybridized carbons (Fsp3) is 0.625. The number of nitrogens with zero attached hydrogens (tertiary/aromatic N) is 1. The molecule has 1 aromatic rings. The fourth-order valence-corrected chi connectivity index (χ4v) is 2.82. The summed E-state index contributed by atoms with van der Waals surface area (Å²) in [6, 6.07) is 6.26. The smallest absolute Gasteiger partial charge is 0.0802 e. The van der Waals surface area contributed by atoms with Crippen LogP contribution in [0.1, 0.15) is 42.1 Å². The van der Waals surface area contributed by atoms with Gasteiger partial charge in [0.25, 0.3) is 0 Å². The number of rotatable bonds is 4. The first-order chi connectivity index (χ1) is 9.04. The molecule has 0 saturated carbocycles. The number of benzene rings is 1. The summed E-state index contributed by atoms with van der Waals surface area (Å²) in [7, 11) is 0. The lowest BCUT2D eigenvalue weighted by Crippen LogP contribution is -2.36. The summed E-state index contributed by atoms with van der Waals surface area (Å²) < 4.78 is 0. The normalized spacial score (nSPS) is 19.6. The van der Waals surface area contributed by atoms with Gasteiger partial charge in [0.05, 0.1) is 12.2 Å². The molecule has 3 nitrogen and oxygen atoms in total. The summed E-state index contributed by atoms with van der Waals surface area (Å²) in [6.07, 6.45) is 1.98. The number of hydrogen-bond donors (Lipinski definition) is 2. The second-order valence-corrected chi connectivity index (χ2v) is 5.80. The van der Waals surface area contributed by atoms with Crippen molar-refractivity contribution in [2.75, 3.05) is 19.6 Å². The molecule has 1 aromatic carbocycles. The minimum Gasteiger partial charge on any atom is -0.393 e. The Balaban J connectivity index is 1.85. The van der Waals surface area contributed by atoms with E-state index in [4.69, 9.17) is 0 Å². The number of aliphatic hydroxyl groups is 2. The summed E-state index contributed by atoms with van der Waals surface area (Å²) in [4.78, 5) is 2.33. The lowest BCUT2D eigenvalue weighted by molar-refractivity contribution is 0.0711. The van der Waals surface area contributed by atoms with Crippen molar-refractivity contribution in [2.45, 2.75) is 45.3 Å². The van der Waals surface area contributed by atoms with Crippen molar-refractivity contribution in [1.29, 1.82) is 0 Å². The van der Waals surface area contributed by atoms with Crippen LogP contribution >= 0.6 is 0 Å². The third kappa shape index (κ3) is 4.30. The molecule has 3 heteroatoms. The van der Waals surface area contributed by atoms with Crippen molar-refractivity contribution in [2.24, 2.45) is 0 Å². The van der Waals surface area contributed by atoms with Gasteiger partial charge >= 0.3 is 0 Å². The zero-order valence-corrected chi connectivity index (χ0v) is 12.0. The van der Waals surface area contributed by atoms with Gasteiger partial charge in [-0.1, -0.05) is 29.3 Å². The quantitative estimate of drug-likeness (QED) is 0.875. The van der Waals surface area contributed by atoms with Crippen molar-refractivity contribution >= 4 is 0 Å². The highest BCUT2D eigenvalue weighted by Gasteiger charge is 2.18. The van der Waals surface area contributed by atoms with Gasteiger partial charge in [-0.25, -0.2) is 0 Å². The molecule has 0 amide bonds. The molecule has 2 rings (SSSR count). The maximum absolute atomic E-state index is 10.3. The van der Waals surface area contributed by atoms with Crippen LogP contribution in [-0.2, 0) is 0 Å². The molecule has 1 aliphatic heterocycles. The van der Waals surface area contributed by atoms with Gasteiger partial charge < -0.3 is 15.1 Å². The summed E-state index contributed by atoms with van der Waals surface area (Å²) in [6.45, 7) is 6.92. The monoisotopic (exact) mass is 263 g/mol. The highest BCUT2D eigenvalue weighted by Crippen LogP contribution is 2.21. The number of piperidine rings is 1. The summed E-state index contributed by atoms with van der Waals surface area (Å²) in [5.74, 6) is 0. The Morgan fingerprint density at radius 2 is 1.74 bits per heavy atom. The van der Waals surface area contributed by atoms with Crippen LogP contribution in [0.5, 0.6) is 0 Å². The van der Waals surface area contributed by atoms with Crippen LogP contribution in [0.15, 0.2) is 18.2 Å². The van der Waals surface area contributed by atoms with E-state index in [-0.39, 0.29) is 12.2 Å². The molecule has 106 valence electrons. The number of hydrogen-bond acceptors (Lipinski definition) is 3. The Kier molecular flexibility index (Phi) is 4.97. The van der Waals surface area contributed by atoms with Gasteiger partial charge in [0.2, 0.25) is 0 Å². The number of aliphatic hydroxyl groups excluding tert-OH is 2. The Bertz CT molecular complexity index is 391. The van der Waals surface area contributed by atoms with E-state index in [2.05, 4.69) is 36.9 Å². The molecule has 1 saturated heterocycles. The first-order valence-corrected chi connectivity index (χ1v) is 7.21. The van der Waals surface area contributed by atoms with E-state index in [9.17, 15) is 10.2 Å². The fourth-order valence-electron chi connectivity index (χ4n) is 2.82. The molecule has 1 unspecified atom stereocenters. The average molecular weight is 263 g/mol. The number of likely N-dealkylation sites (tertiary alicyclic amines) is 1. The van der Waals surface area contributed by atoms with Gasteiger partial charge in [0.1, 0.15) is 0 Å². The van der Waals surface area contributed by atoms with Crippen molar-refractivity contribution < 1.29 is 10.2 Å². The summed E-state index contributed by atoms with van der Waals surface area (Å²) in [5.41, 5.74) is 3.43. The zero-order valence-electron chi connectivity index (χ0n) is 12.0. The largest absolute Gasteiger partial charge is 0.393 e. The predicted molar refractivity (Wildman–Crippen MR) is 77.2 cm³/mol. The predicted octanol–water partition coefficient (Wildman–Crippen LogP) is 2.18. The van der Waals surface area contributed by atoms with Crippen LogP contribution in [-0.4, -0.2) is 40.9 Å². The molecule has 1 atom stereocenters. The summed E-state index contributed by atoms with van der Waals surface area (Å²) in [5, 5.41) is 19.7. The van der Waals surface area contributed by atoms with Crippen molar-refractivity contribution in [3.63, 3.8) is 0 Å². The van der Waals surface area contributed by atoms with E-state index in [1.165, 1.54) is 11.1 Å². The lowest BCUT2D eigenvalue weighted by atomic mass is 10.0. The minimum absolute atomic E-state index is 0.124. The SMILES string of the molecule is Cc1cc(C)cc(C(O)CCN2CCC(O)CC2)c1. The van der Waals surface area contributed by atoms with E-state index in [1.807, 2.05) is 0 Å². The van der Waals surface area contributed by atoms with Gasteiger partial charge in [-0.2, -0.15) is 0 Å². The second-order valence-electron chi connectivity index (χ2n) is 5.80. The molecular weight excluding hydrogens is 238 g/mol. The first-order valence-electron chi connectivity index (χ1n) is 7.21. The topological polar surface area (TPSA) is 43.7 Å². The maximum Gasteiger partial charge on any atom is 0.0802 e. The third-order valence-corrected chi connectivity index (χ3v) is 3.90. The minimum atomic E-state index is -0.384. The zero-order chi connectivity index (χ0) is 13.8. The van der Waals surface area contributed by atoms with Gasteiger partial charge in [-0.15, -0.1) is 0 Å². The molecule has 0 aliphatic carbocycles. The molecule has 0 bridgehead atoms. The second kappa shape index (κ2) is 6.51. The molecule has 1 aliphatic rings. The van der Waals surface area contributed by atoms with E-state index >= 15 is 0 Å². The standard InChI is InChI=1S/C16H25NO2/c1-12-9-13(2)11-14(10-12)16(19)5-8-17-6-3-15(18)4-7-17/h9-11,15-16,18-19H,3-8H2,1-2H3. The highest BCUT2D eigenvalue weighted by atomic mass is 16.3. The molecule has 1 fully saturated rings. The van der Waals surface area contributed by atoms with Crippen molar-refractivity contribution in [3.8, 4) is 0 Å². The molecule has 19 heavy (non-hydrogen) atoms. The van der Waals surface area contributed by atoms with Crippen LogP contribution < -0.4 is 0 Å². The summed E-state index contributed by atoms with van der Waals surface area (Å²) >= 11 is 0. The Morgan fingerprint density at radius 3 is 2.32 bits per heavy atom. The third-order valence-electron chi connectivity index (χ3n) is 3.90. The molecular formula is C16H25NO2.